The number of nitrogens with one attached hydrogen (secondary N) is 1. The summed E-state index contributed by atoms with van der Waals surface area (Å²) in [5.74, 6) is 0.702. The van der Waals surface area contributed by atoms with Crippen LogP contribution >= 0.6 is 15.9 Å². The molecule has 0 radical (unpaired) electrons. The second-order valence-electron chi connectivity index (χ2n) is 5.88. The summed E-state index contributed by atoms with van der Waals surface area (Å²) < 4.78 is 6.51. The number of aromatic nitrogens is 2. The molecule has 0 saturated heterocycles. The SMILES string of the molecule is Cc1ccc(-c2nc(C)cc(OCC(=O)Nc3ccc(Br)cc3)n2)cc1. The lowest BCUT2D eigenvalue weighted by Gasteiger charge is -2.09. The van der Waals surface area contributed by atoms with Gasteiger partial charge in [-0.25, -0.2) is 4.98 Å². The first-order valence-corrected chi connectivity index (χ1v) is 8.90. The van der Waals surface area contributed by atoms with Gasteiger partial charge in [0.2, 0.25) is 5.88 Å². The van der Waals surface area contributed by atoms with Crippen molar-refractivity contribution in [1.82, 2.24) is 9.97 Å². The third-order valence-electron chi connectivity index (χ3n) is 3.62. The number of nitrogens with zero attached hydrogens (tertiary/aromatic N) is 2. The van der Waals surface area contributed by atoms with Crippen LogP contribution in [0.5, 0.6) is 5.88 Å². The molecule has 3 aromatic rings. The van der Waals surface area contributed by atoms with E-state index in [2.05, 4.69) is 31.2 Å². The lowest BCUT2D eigenvalue weighted by Crippen LogP contribution is -2.20. The molecule has 6 heteroatoms. The molecule has 0 saturated carbocycles. The third kappa shape index (κ3) is 4.89. The molecule has 0 spiro atoms. The van der Waals surface area contributed by atoms with Crippen LogP contribution < -0.4 is 10.1 Å². The normalized spacial score (nSPS) is 10.4. The van der Waals surface area contributed by atoms with Gasteiger partial charge in [0.15, 0.2) is 12.4 Å². The number of halogens is 1. The van der Waals surface area contributed by atoms with Gasteiger partial charge in [-0.1, -0.05) is 45.8 Å². The maximum Gasteiger partial charge on any atom is 0.262 e. The molecule has 1 aromatic heterocycles. The molecule has 2 aromatic carbocycles. The van der Waals surface area contributed by atoms with Gasteiger partial charge in [-0.2, -0.15) is 4.98 Å². The number of carbonyl (C=O) groups is 1. The molecule has 1 N–H and O–H groups in total. The monoisotopic (exact) mass is 411 g/mol. The van der Waals surface area contributed by atoms with Gasteiger partial charge in [0.25, 0.3) is 5.91 Å². The highest BCUT2D eigenvalue weighted by atomic mass is 79.9. The van der Waals surface area contributed by atoms with E-state index >= 15 is 0 Å². The highest BCUT2D eigenvalue weighted by Crippen LogP contribution is 2.20. The smallest absolute Gasteiger partial charge is 0.262 e. The quantitative estimate of drug-likeness (QED) is 0.669. The van der Waals surface area contributed by atoms with Crippen LogP contribution in [-0.4, -0.2) is 22.5 Å². The van der Waals surface area contributed by atoms with Crippen LogP contribution in [0.25, 0.3) is 11.4 Å². The summed E-state index contributed by atoms with van der Waals surface area (Å²) in [6.07, 6.45) is 0. The number of anilines is 1. The first-order valence-electron chi connectivity index (χ1n) is 8.10. The predicted molar refractivity (Wildman–Crippen MR) is 105 cm³/mol. The minimum atomic E-state index is -0.250. The average Bonchev–Trinajstić information content (AvgIpc) is 2.62. The first kappa shape index (κ1) is 18.1. The Labute approximate surface area is 160 Å². The van der Waals surface area contributed by atoms with Gasteiger partial charge < -0.3 is 10.1 Å². The highest BCUT2D eigenvalue weighted by molar-refractivity contribution is 9.10. The maximum absolute atomic E-state index is 12.1. The van der Waals surface area contributed by atoms with Crippen LogP contribution in [0, 0.1) is 13.8 Å². The molecule has 0 fully saturated rings. The number of carbonyl (C=O) groups excluding carboxylic acids is 1. The van der Waals surface area contributed by atoms with Crippen LogP contribution in [0.3, 0.4) is 0 Å². The molecule has 0 aliphatic heterocycles. The Balaban J connectivity index is 1.66. The van der Waals surface area contributed by atoms with E-state index in [0.29, 0.717) is 17.4 Å². The van der Waals surface area contributed by atoms with Gasteiger partial charge in [0.05, 0.1) is 0 Å². The zero-order chi connectivity index (χ0) is 18.5. The molecular weight excluding hydrogens is 394 g/mol. The Hall–Kier alpha value is -2.73. The number of hydrogen-bond donors (Lipinski definition) is 1. The van der Waals surface area contributed by atoms with E-state index in [0.717, 1.165) is 15.7 Å². The second kappa shape index (κ2) is 8.10. The van der Waals surface area contributed by atoms with Gasteiger partial charge in [-0.3, -0.25) is 4.79 Å². The minimum absolute atomic E-state index is 0.125. The zero-order valence-electron chi connectivity index (χ0n) is 14.5. The van der Waals surface area contributed by atoms with Crippen molar-refractivity contribution in [1.29, 1.82) is 0 Å². The molecule has 0 atom stereocenters. The van der Waals surface area contributed by atoms with E-state index in [-0.39, 0.29) is 12.5 Å². The first-order chi connectivity index (χ1) is 12.5. The van der Waals surface area contributed by atoms with Crippen LogP contribution in [0.15, 0.2) is 59.1 Å². The molecule has 1 heterocycles. The lowest BCUT2D eigenvalue weighted by molar-refractivity contribution is -0.118. The fourth-order valence-electron chi connectivity index (χ4n) is 2.32. The number of amides is 1. The van der Waals surface area contributed by atoms with E-state index in [4.69, 9.17) is 4.74 Å². The standard InChI is InChI=1S/C20H18BrN3O2/c1-13-3-5-15(6-4-13)20-22-14(2)11-19(24-20)26-12-18(25)23-17-9-7-16(21)8-10-17/h3-11H,12H2,1-2H3,(H,23,25). The van der Waals surface area contributed by atoms with Crippen molar-refractivity contribution in [2.75, 3.05) is 11.9 Å². The molecule has 0 unspecified atom stereocenters. The Morgan fingerprint density at radius 1 is 1.04 bits per heavy atom. The van der Waals surface area contributed by atoms with Gasteiger partial charge in [-0.15, -0.1) is 0 Å². The summed E-state index contributed by atoms with van der Waals surface area (Å²) in [6.45, 7) is 3.77. The largest absolute Gasteiger partial charge is 0.467 e. The summed E-state index contributed by atoms with van der Waals surface area (Å²) in [5.41, 5.74) is 3.56. The molecule has 3 rings (SSSR count). The average molecular weight is 412 g/mol. The highest BCUT2D eigenvalue weighted by Gasteiger charge is 2.09. The van der Waals surface area contributed by atoms with E-state index in [1.165, 1.54) is 5.56 Å². The van der Waals surface area contributed by atoms with Crippen molar-refractivity contribution in [2.24, 2.45) is 0 Å². The summed E-state index contributed by atoms with van der Waals surface area (Å²) in [7, 11) is 0. The van der Waals surface area contributed by atoms with Crippen molar-refractivity contribution in [2.45, 2.75) is 13.8 Å². The van der Waals surface area contributed by atoms with Crippen molar-refractivity contribution in [3.05, 3.63) is 70.3 Å². The summed E-state index contributed by atoms with van der Waals surface area (Å²) in [5, 5.41) is 2.78. The van der Waals surface area contributed by atoms with Crippen LogP contribution in [0.2, 0.25) is 0 Å². The van der Waals surface area contributed by atoms with Gasteiger partial charge in [0.1, 0.15) is 0 Å². The second-order valence-corrected chi connectivity index (χ2v) is 6.80. The van der Waals surface area contributed by atoms with Crippen molar-refractivity contribution >= 4 is 27.5 Å². The molecule has 0 bridgehead atoms. The fraction of sp³-hybridized carbons (Fsp3) is 0.150. The van der Waals surface area contributed by atoms with Crippen molar-refractivity contribution in [3.63, 3.8) is 0 Å². The van der Waals surface area contributed by atoms with E-state index in [1.54, 1.807) is 6.07 Å². The Bertz CT molecular complexity index is 909. The molecular formula is C20H18BrN3O2. The maximum atomic E-state index is 12.1. The molecule has 26 heavy (non-hydrogen) atoms. The van der Waals surface area contributed by atoms with E-state index in [9.17, 15) is 4.79 Å². The van der Waals surface area contributed by atoms with Crippen molar-refractivity contribution < 1.29 is 9.53 Å². The van der Waals surface area contributed by atoms with E-state index in [1.807, 2.05) is 62.4 Å². The molecule has 0 aliphatic rings. The third-order valence-corrected chi connectivity index (χ3v) is 4.15. The number of ether oxygens (including phenoxy) is 1. The van der Waals surface area contributed by atoms with Crippen LogP contribution in [0.1, 0.15) is 11.3 Å². The predicted octanol–water partition coefficient (Wildman–Crippen LogP) is 4.54. The fourth-order valence-corrected chi connectivity index (χ4v) is 2.58. The Morgan fingerprint density at radius 3 is 2.42 bits per heavy atom. The molecule has 132 valence electrons. The topological polar surface area (TPSA) is 64.1 Å². The zero-order valence-corrected chi connectivity index (χ0v) is 16.1. The molecule has 5 nitrogen and oxygen atoms in total. The van der Waals surface area contributed by atoms with E-state index < -0.39 is 0 Å². The number of rotatable bonds is 5. The Kier molecular flexibility index (Phi) is 5.63. The van der Waals surface area contributed by atoms with Gasteiger partial charge >= 0.3 is 0 Å². The summed E-state index contributed by atoms with van der Waals surface area (Å²) in [6, 6.07) is 17.0. The summed E-state index contributed by atoms with van der Waals surface area (Å²) in [4.78, 5) is 20.9. The molecule has 0 aliphatic carbocycles. The summed E-state index contributed by atoms with van der Waals surface area (Å²) >= 11 is 3.36. The Morgan fingerprint density at radius 2 is 1.73 bits per heavy atom. The van der Waals surface area contributed by atoms with Gasteiger partial charge in [0, 0.05) is 27.5 Å². The van der Waals surface area contributed by atoms with Crippen LogP contribution in [-0.2, 0) is 4.79 Å². The number of benzene rings is 2. The number of aryl methyl sites for hydroxylation is 2. The van der Waals surface area contributed by atoms with Gasteiger partial charge in [-0.05, 0) is 38.1 Å². The van der Waals surface area contributed by atoms with Crippen LogP contribution in [0.4, 0.5) is 5.69 Å². The number of hydrogen-bond acceptors (Lipinski definition) is 4. The van der Waals surface area contributed by atoms with Crippen molar-refractivity contribution in [3.8, 4) is 17.3 Å². The molecule has 1 amide bonds. The lowest BCUT2D eigenvalue weighted by atomic mass is 10.1. The minimum Gasteiger partial charge on any atom is -0.467 e.